The van der Waals surface area contributed by atoms with Gasteiger partial charge >= 0.3 is 0 Å². The molecule has 0 fully saturated rings. The molecular formula is C12H8F2N2O. The largest absolute Gasteiger partial charge is 0.594 e. The van der Waals surface area contributed by atoms with Crippen molar-refractivity contribution in [1.82, 2.24) is 0 Å². The third kappa shape index (κ3) is 2.44. The summed E-state index contributed by atoms with van der Waals surface area (Å²) >= 11 is 0. The number of para-hydroxylation sites is 1. The first-order valence-corrected chi connectivity index (χ1v) is 4.86. The van der Waals surface area contributed by atoms with Gasteiger partial charge in [0.15, 0.2) is 17.3 Å². The Labute approximate surface area is 96.2 Å². The number of hydrogen-bond acceptors (Lipinski definition) is 2. The highest BCUT2D eigenvalue weighted by Crippen LogP contribution is 2.21. The van der Waals surface area contributed by atoms with Gasteiger partial charge in [0.25, 0.3) is 5.69 Å². The highest BCUT2D eigenvalue weighted by Gasteiger charge is 2.11. The van der Waals surface area contributed by atoms with Crippen molar-refractivity contribution in [3.63, 3.8) is 0 Å². The van der Waals surface area contributed by atoms with Gasteiger partial charge in [0.1, 0.15) is 0 Å². The van der Waals surface area contributed by atoms with Crippen LogP contribution in [-0.2, 0) is 0 Å². The second-order valence-electron chi connectivity index (χ2n) is 3.28. The zero-order chi connectivity index (χ0) is 12.3. The molecule has 2 aromatic rings. The van der Waals surface area contributed by atoms with Crippen LogP contribution in [0.5, 0.6) is 0 Å². The summed E-state index contributed by atoms with van der Waals surface area (Å²) in [7, 11) is 0. The molecule has 0 bridgehead atoms. The van der Waals surface area contributed by atoms with Crippen LogP contribution in [0.4, 0.5) is 20.2 Å². The molecule has 0 heterocycles. The average molecular weight is 234 g/mol. The molecule has 0 aliphatic rings. The summed E-state index contributed by atoms with van der Waals surface area (Å²) in [5.74, 6) is -1.34. The Hall–Kier alpha value is -2.30. The van der Waals surface area contributed by atoms with Crippen LogP contribution in [0.25, 0.3) is 0 Å². The van der Waals surface area contributed by atoms with E-state index in [1.165, 1.54) is 42.5 Å². The molecule has 0 aromatic heterocycles. The van der Waals surface area contributed by atoms with Crippen molar-refractivity contribution in [1.29, 1.82) is 0 Å². The summed E-state index contributed by atoms with van der Waals surface area (Å²) in [5, 5.41) is 15.0. The van der Waals surface area contributed by atoms with Gasteiger partial charge in [0.2, 0.25) is 0 Å². The lowest BCUT2D eigenvalue weighted by Crippen LogP contribution is -1.94. The smallest absolute Gasteiger partial charge is 0.280 e. The Kier molecular flexibility index (Phi) is 3.09. The van der Waals surface area contributed by atoms with E-state index in [4.69, 9.17) is 0 Å². The van der Waals surface area contributed by atoms with E-state index in [0.717, 1.165) is 6.07 Å². The number of hydrogen-bond donors (Lipinski definition) is 0. The van der Waals surface area contributed by atoms with E-state index >= 15 is 0 Å². The first kappa shape index (κ1) is 11.2. The fraction of sp³-hybridized carbons (Fsp3) is 0. The van der Waals surface area contributed by atoms with Gasteiger partial charge in [0.05, 0.1) is 0 Å². The van der Waals surface area contributed by atoms with Crippen LogP contribution < -0.4 is 0 Å². The molecule has 0 amide bonds. The third-order valence-electron chi connectivity index (χ3n) is 2.11. The molecule has 0 saturated carbocycles. The quantitative estimate of drug-likeness (QED) is 0.441. The van der Waals surface area contributed by atoms with Gasteiger partial charge in [-0.3, -0.25) is 0 Å². The van der Waals surface area contributed by atoms with Crippen molar-refractivity contribution in [2.24, 2.45) is 5.11 Å². The number of halogens is 2. The molecule has 0 atom stereocenters. The zero-order valence-electron chi connectivity index (χ0n) is 8.68. The van der Waals surface area contributed by atoms with Gasteiger partial charge in [-0.2, -0.15) is 4.39 Å². The van der Waals surface area contributed by atoms with Crippen LogP contribution >= 0.6 is 0 Å². The van der Waals surface area contributed by atoms with Crippen LogP contribution in [-0.4, -0.2) is 4.86 Å². The fourth-order valence-electron chi connectivity index (χ4n) is 1.29. The van der Waals surface area contributed by atoms with E-state index in [2.05, 4.69) is 5.11 Å². The van der Waals surface area contributed by atoms with Crippen molar-refractivity contribution in [2.45, 2.75) is 0 Å². The molecule has 2 rings (SSSR count). The lowest BCUT2D eigenvalue weighted by molar-refractivity contribution is -0.437. The molecule has 5 heteroatoms. The van der Waals surface area contributed by atoms with Crippen LogP contribution in [0, 0.1) is 16.8 Å². The van der Waals surface area contributed by atoms with E-state index in [9.17, 15) is 14.0 Å². The summed E-state index contributed by atoms with van der Waals surface area (Å²) < 4.78 is 26.5. The minimum atomic E-state index is -0.706. The first-order valence-electron chi connectivity index (χ1n) is 4.86. The number of benzene rings is 2. The summed E-state index contributed by atoms with van der Waals surface area (Å²) in [4.78, 5) is 0.0632. The molecule has 3 nitrogen and oxygen atoms in total. The topological polar surface area (TPSA) is 38.4 Å². The van der Waals surface area contributed by atoms with Gasteiger partial charge < -0.3 is 5.21 Å². The number of azo groups is 1. The van der Waals surface area contributed by atoms with E-state index < -0.39 is 11.6 Å². The Morgan fingerprint density at radius 1 is 0.882 bits per heavy atom. The second kappa shape index (κ2) is 4.69. The maximum atomic E-state index is 13.2. The Bertz CT molecular complexity index is 570. The lowest BCUT2D eigenvalue weighted by Gasteiger charge is -2.00. The lowest BCUT2D eigenvalue weighted by atomic mass is 10.3. The highest BCUT2D eigenvalue weighted by atomic mass is 19.1. The molecule has 0 radical (unpaired) electrons. The molecular weight excluding hydrogens is 226 g/mol. The van der Waals surface area contributed by atoms with E-state index in [0.29, 0.717) is 0 Å². The van der Waals surface area contributed by atoms with Crippen molar-refractivity contribution in [2.75, 3.05) is 0 Å². The SMILES string of the molecule is [O-][N+](=Nc1ccccc1F)c1ccccc1F. The normalized spacial score (nSPS) is 11.5. The monoisotopic (exact) mass is 234 g/mol. The number of rotatable bonds is 2. The molecule has 0 aliphatic heterocycles. The molecule has 0 saturated heterocycles. The van der Waals surface area contributed by atoms with E-state index in [1.807, 2.05) is 0 Å². The second-order valence-corrected chi connectivity index (χ2v) is 3.28. The van der Waals surface area contributed by atoms with Gasteiger partial charge in [-0.05, 0) is 23.1 Å². The van der Waals surface area contributed by atoms with Crippen LogP contribution in [0.2, 0.25) is 0 Å². The maximum Gasteiger partial charge on any atom is 0.280 e. The molecule has 0 N–H and O–H groups in total. The average Bonchev–Trinajstić information content (AvgIpc) is 2.32. The summed E-state index contributed by atoms with van der Waals surface area (Å²) in [6, 6.07) is 10.9. The van der Waals surface area contributed by atoms with E-state index in [-0.39, 0.29) is 16.2 Å². The minimum Gasteiger partial charge on any atom is -0.594 e. The predicted molar refractivity (Wildman–Crippen MR) is 58.2 cm³/mol. The Morgan fingerprint density at radius 2 is 1.47 bits per heavy atom. The van der Waals surface area contributed by atoms with Gasteiger partial charge in [-0.1, -0.05) is 24.3 Å². The van der Waals surface area contributed by atoms with Crippen LogP contribution in [0.3, 0.4) is 0 Å². The Morgan fingerprint density at radius 3 is 2.12 bits per heavy atom. The van der Waals surface area contributed by atoms with Crippen LogP contribution in [0.1, 0.15) is 0 Å². The van der Waals surface area contributed by atoms with Gasteiger partial charge in [0, 0.05) is 11.2 Å². The van der Waals surface area contributed by atoms with Gasteiger partial charge in [-0.15, -0.1) is 0 Å². The maximum absolute atomic E-state index is 13.2. The predicted octanol–water partition coefficient (Wildman–Crippen LogP) is 3.89. The zero-order valence-corrected chi connectivity index (χ0v) is 8.68. The number of nitrogens with zero attached hydrogens (tertiary/aromatic N) is 2. The van der Waals surface area contributed by atoms with Crippen molar-refractivity contribution in [3.8, 4) is 0 Å². The van der Waals surface area contributed by atoms with E-state index in [1.54, 1.807) is 0 Å². The first-order chi connectivity index (χ1) is 8.18. The molecule has 0 unspecified atom stereocenters. The third-order valence-corrected chi connectivity index (χ3v) is 2.11. The van der Waals surface area contributed by atoms with Crippen LogP contribution in [0.15, 0.2) is 53.6 Å². The molecule has 17 heavy (non-hydrogen) atoms. The molecule has 2 aromatic carbocycles. The fourth-order valence-corrected chi connectivity index (χ4v) is 1.29. The highest BCUT2D eigenvalue weighted by molar-refractivity contribution is 5.37. The van der Waals surface area contributed by atoms with Gasteiger partial charge in [-0.25, -0.2) is 4.39 Å². The summed E-state index contributed by atoms with van der Waals surface area (Å²) in [6.07, 6.45) is 0. The molecule has 0 spiro atoms. The van der Waals surface area contributed by atoms with Crippen molar-refractivity contribution in [3.05, 3.63) is 65.4 Å². The van der Waals surface area contributed by atoms with Crippen molar-refractivity contribution < 1.29 is 13.6 Å². The van der Waals surface area contributed by atoms with Crippen molar-refractivity contribution >= 4 is 11.4 Å². The molecule has 86 valence electrons. The Balaban J connectivity index is 2.42. The standard InChI is InChI=1S/C12H8F2N2O/c13-9-5-1-3-7-11(9)15-16(17)12-8-4-2-6-10(12)14/h1-8H. The summed E-state index contributed by atoms with van der Waals surface area (Å²) in [5.41, 5.74) is -0.387. The summed E-state index contributed by atoms with van der Waals surface area (Å²) in [6.45, 7) is 0. The minimum absolute atomic E-state index is 0.0632. The molecule has 0 aliphatic carbocycles.